The highest BCUT2D eigenvalue weighted by Crippen LogP contribution is 2.21. The Morgan fingerprint density at radius 3 is 2.38 bits per heavy atom. The molecule has 0 saturated carbocycles. The van der Waals surface area contributed by atoms with E-state index >= 15 is 0 Å². The van der Waals surface area contributed by atoms with Gasteiger partial charge in [0.05, 0.1) is 25.9 Å². The van der Waals surface area contributed by atoms with Crippen LogP contribution in [0.1, 0.15) is 11.1 Å². The predicted octanol–water partition coefficient (Wildman–Crippen LogP) is 1.07. The smallest absolute Gasteiger partial charge is 0.254 e. The molecule has 0 N–H and O–H groups in total. The molecule has 1 aliphatic rings. The van der Waals surface area contributed by atoms with Crippen molar-refractivity contribution in [3.05, 3.63) is 41.5 Å². The minimum absolute atomic E-state index is 0.268. The summed E-state index contributed by atoms with van der Waals surface area (Å²) in [7, 11) is 1.62. The molecule has 2 rings (SSSR count). The van der Waals surface area contributed by atoms with E-state index in [4.69, 9.17) is 14.2 Å². The topological polar surface area (TPSA) is 82.1 Å². The summed E-state index contributed by atoms with van der Waals surface area (Å²) < 4.78 is 15.9. The number of benzene rings is 1. The Hall–Kier alpha value is -2.51. The van der Waals surface area contributed by atoms with Gasteiger partial charge in [0.15, 0.2) is 0 Å². The second-order valence-electron chi connectivity index (χ2n) is 5.84. The van der Waals surface area contributed by atoms with Crippen molar-refractivity contribution in [2.75, 3.05) is 33.5 Å². The number of hydrogen-bond acceptors (Lipinski definition) is 6. The third kappa shape index (κ3) is 5.24. The monoisotopic (exact) mass is 361 g/mol. The number of rotatable bonds is 11. The largest absolute Gasteiger partial charge is 0.491 e. The molecule has 26 heavy (non-hydrogen) atoms. The second-order valence-corrected chi connectivity index (χ2v) is 5.84. The Morgan fingerprint density at radius 2 is 1.77 bits per heavy atom. The molecule has 140 valence electrons. The van der Waals surface area contributed by atoms with Crippen LogP contribution in [-0.2, 0) is 30.3 Å². The molecule has 7 nitrogen and oxygen atoms in total. The third-order valence-electron chi connectivity index (χ3n) is 3.93. The summed E-state index contributed by atoms with van der Waals surface area (Å²) in [6.45, 7) is 3.85. The van der Waals surface area contributed by atoms with E-state index in [1.165, 1.54) is 12.2 Å². The number of aldehydes is 1. The van der Waals surface area contributed by atoms with Gasteiger partial charge in [-0.05, 0) is 24.1 Å². The van der Waals surface area contributed by atoms with Crippen LogP contribution in [0.5, 0.6) is 5.75 Å². The summed E-state index contributed by atoms with van der Waals surface area (Å²) >= 11 is 0. The lowest BCUT2D eigenvalue weighted by molar-refractivity contribution is -0.141. The molecular formula is C19H23NO6. The maximum atomic E-state index is 11.7. The number of carbonyl (C=O) groups is 3. The van der Waals surface area contributed by atoms with Crippen LogP contribution >= 0.6 is 0 Å². The third-order valence-corrected chi connectivity index (χ3v) is 3.93. The van der Waals surface area contributed by atoms with Crippen LogP contribution < -0.4 is 4.74 Å². The highest BCUT2D eigenvalue weighted by Gasteiger charge is 2.31. The zero-order valence-electron chi connectivity index (χ0n) is 15.0. The fraction of sp³-hybridized carbons (Fsp3) is 0.421. The molecule has 0 radical (unpaired) electrons. The van der Waals surface area contributed by atoms with Crippen molar-refractivity contribution in [2.24, 2.45) is 0 Å². The van der Waals surface area contributed by atoms with E-state index in [1.54, 1.807) is 7.11 Å². The summed E-state index contributed by atoms with van der Waals surface area (Å²) in [5, 5.41) is 0. The van der Waals surface area contributed by atoms with Gasteiger partial charge in [-0.15, -0.1) is 0 Å². The number of nitrogens with zero attached hydrogens (tertiary/aromatic N) is 1. The first kappa shape index (κ1) is 19.8. The van der Waals surface area contributed by atoms with E-state index in [9.17, 15) is 14.4 Å². The zero-order valence-corrected chi connectivity index (χ0v) is 15.0. The SMILES string of the molecule is COCCOCCOc1ccc(CC(C=O)N2C(=O)C=CC2=O)cc1C. The van der Waals surface area contributed by atoms with Crippen LogP contribution in [0, 0.1) is 6.92 Å². The van der Waals surface area contributed by atoms with Crippen molar-refractivity contribution in [3.63, 3.8) is 0 Å². The first-order valence-electron chi connectivity index (χ1n) is 8.36. The van der Waals surface area contributed by atoms with Crippen LogP contribution in [0.15, 0.2) is 30.4 Å². The molecule has 0 aromatic heterocycles. The van der Waals surface area contributed by atoms with Gasteiger partial charge < -0.3 is 19.0 Å². The standard InChI is InChI=1S/C19H23NO6/c1-14-11-15(3-4-17(14)26-10-9-25-8-7-24-2)12-16(13-21)20-18(22)5-6-19(20)23/h3-6,11,13,16H,7-10,12H2,1-2H3. The average molecular weight is 361 g/mol. The maximum Gasteiger partial charge on any atom is 0.254 e. The molecule has 7 heteroatoms. The fourth-order valence-electron chi connectivity index (χ4n) is 2.64. The van der Waals surface area contributed by atoms with E-state index in [0.29, 0.717) is 32.7 Å². The van der Waals surface area contributed by atoms with Gasteiger partial charge in [0.1, 0.15) is 18.6 Å². The molecule has 2 amide bonds. The molecule has 0 bridgehead atoms. The summed E-state index contributed by atoms with van der Waals surface area (Å²) in [4.78, 5) is 35.8. The molecule has 0 spiro atoms. The molecule has 1 aromatic rings. The van der Waals surface area contributed by atoms with Crippen LogP contribution in [0.2, 0.25) is 0 Å². The van der Waals surface area contributed by atoms with Crippen molar-refractivity contribution in [1.82, 2.24) is 4.90 Å². The number of ether oxygens (including phenoxy) is 3. The summed E-state index contributed by atoms with van der Waals surface area (Å²) in [6.07, 6.45) is 3.25. The zero-order chi connectivity index (χ0) is 18.9. The van der Waals surface area contributed by atoms with Crippen molar-refractivity contribution in [3.8, 4) is 5.75 Å². The lowest BCUT2D eigenvalue weighted by atomic mass is 10.0. The minimum atomic E-state index is -0.814. The number of hydrogen-bond donors (Lipinski definition) is 0. The van der Waals surface area contributed by atoms with Gasteiger partial charge in [-0.25, -0.2) is 0 Å². The van der Waals surface area contributed by atoms with E-state index < -0.39 is 17.9 Å². The van der Waals surface area contributed by atoms with Crippen molar-refractivity contribution < 1.29 is 28.6 Å². The van der Waals surface area contributed by atoms with E-state index in [2.05, 4.69) is 0 Å². The molecule has 0 fully saturated rings. The Morgan fingerprint density at radius 1 is 1.08 bits per heavy atom. The van der Waals surface area contributed by atoms with Crippen LogP contribution in [0.4, 0.5) is 0 Å². The van der Waals surface area contributed by atoms with E-state index in [1.807, 2.05) is 25.1 Å². The second kappa shape index (κ2) is 9.84. The van der Waals surface area contributed by atoms with Gasteiger partial charge in [0.25, 0.3) is 11.8 Å². The van der Waals surface area contributed by atoms with Gasteiger partial charge in [-0.3, -0.25) is 14.5 Å². The van der Waals surface area contributed by atoms with Gasteiger partial charge in [0, 0.05) is 25.7 Å². The average Bonchev–Trinajstić information content (AvgIpc) is 2.96. The number of carbonyl (C=O) groups excluding carboxylic acids is 3. The quantitative estimate of drug-likeness (QED) is 0.333. The van der Waals surface area contributed by atoms with Gasteiger partial charge >= 0.3 is 0 Å². The molecule has 1 atom stereocenters. The molecule has 0 aliphatic carbocycles. The minimum Gasteiger partial charge on any atom is -0.491 e. The van der Waals surface area contributed by atoms with Gasteiger partial charge in [-0.1, -0.05) is 12.1 Å². The highest BCUT2D eigenvalue weighted by molar-refractivity contribution is 6.14. The molecule has 1 aromatic carbocycles. The Balaban J connectivity index is 1.90. The maximum absolute atomic E-state index is 11.7. The summed E-state index contributed by atoms with van der Waals surface area (Å²) in [5.74, 6) is -0.198. The molecule has 1 unspecified atom stereocenters. The predicted molar refractivity (Wildman–Crippen MR) is 93.9 cm³/mol. The lowest BCUT2D eigenvalue weighted by Crippen LogP contribution is -2.42. The molecular weight excluding hydrogens is 338 g/mol. The molecule has 1 heterocycles. The van der Waals surface area contributed by atoms with Crippen molar-refractivity contribution in [2.45, 2.75) is 19.4 Å². The molecule has 0 saturated heterocycles. The van der Waals surface area contributed by atoms with E-state index in [0.717, 1.165) is 21.8 Å². The summed E-state index contributed by atoms with van der Waals surface area (Å²) in [5.41, 5.74) is 1.75. The number of methoxy groups -OCH3 is 1. The van der Waals surface area contributed by atoms with Crippen LogP contribution in [-0.4, -0.2) is 62.6 Å². The Kier molecular flexibility index (Phi) is 7.50. The van der Waals surface area contributed by atoms with Gasteiger partial charge in [-0.2, -0.15) is 0 Å². The van der Waals surface area contributed by atoms with Gasteiger partial charge in [0.2, 0.25) is 0 Å². The number of imide groups is 1. The lowest BCUT2D eigenvalue weighted by Gasteiger charge is -2.21. The summed E-state index contributed by atoms with van der Waals surface area (Å²) in [6, 6.07) is 4.71. The van der Waals surface area contributed by atoms with E-state index in [-0.39, 0.29) is 6.42 Å². The molecule has 1 aliphatic heterocycles. The first-order valence-corrected chi connectivity index (χ1v) is 8.36. The van der Waals surface area contributed by atoms with Crippen LogP contribution in [0.3, 0.4) is 0 Å². The normalized spacial score (nSPS) is 14.8. The van der Waals surface area contributed by atoms with Crippen molar-refractivity contribution >= 4 is 18.1 Å². The van der Waals surface area contributed by atoms with Crippen LogP contribution in [0.25, 0.3) is 0 Å². The number of amides is 2. The highest BCUT2D eigenvalue weighted by atomic mass is 16.5. The Labute approximate surface area is 152 Å². The Bertz CT molecular complexity index is 667. The van der Waals surface area contributed by atoms with Crippen molar-refractivity contribution in [1.29, 1.82) is 0 Å². The number of aryl methyl sites for hydroxylation is 1. The first-order chi connectivity index (χ1) is 12.6. The fourth-order valence-corrected chi connectivity index (χ4v) is 2.64.